The molecule has 0 aromatic carbocycles. The van der Waals surface area contributed by atoms with Crippen molar-refractivity contribution >= 4 is 11.8 Å². The molecule has 0 bridgehead atoms. The number of thioether (sulfide) groups is 1. The molecule has 0 radical (unpaired) electrons. The van der Waals surface area contributed by atoms with Crippen molar-refractivity contribution in [3.63, 3.8) is 0 Å². The van der Waals surface area contributed by atoms with Crippen molar-refractivity contribution in [3.05, 3.63) is 0 Å². The highest BCUT2D eigenvalue weighted by molar-refractivity contribution is 7.99. The summed E-state index contributed by atoms with van der Waals surface area (Å²) in [6, 6.07) is 1.60. The van der Waals surface area contributed by atoms with Gasteiger partial charge in [-0.15, -0.1) is 0 Å². The Morgan fingerprint density at radius 1 is 1.06 bits per heavy atom. The van der Waals surface area contributed by atoms with Gasteiger partial charge in [-0.2, -0.15) is 11.8 Å². The molecule has 2 aliphatic carbocycles. The fourth-order valence-corrected chi connectivity index (χ4v) is 4.51. The summed E-state index contributed by atoms with van der Waals surface area (Å²) in [7, 11) is 0. The van der Waals surface area contributed by atoms with E-state index >= 15 is 0 Å². The second-order valence-corrected chi connectivity index (χ2v) is 7.98. The molecule has 0 heterocycles. The van der Waals surface area contributed by atoms with Gasteiger partial charge in [0.05, 0.1) is 0 Å². The molecule has 2 heteroatoms. The lowest BCUT2D eigenvalue weighted by atomic mass is 9.75. The molecule has 2 saturated carbocycles. The summed E-state index contributed by atoms with van der Waals surface area (Å²) < 4.78 is 0. The van der Waals surface area contributed by atoms with E-state index < -0.39 is 0 Å². The van der Waals surface area contributed by atoms with Crippen LogP contribution in [0.2, 0.25) is 0 Å². The summed E-state index contributed by atoms with van der Waals surface area (Å²) in [6.07, 6.45) is 13.6. The maximum absolute atomic E-state index is 3.96. The molecule has 2 aliphatic rings. The van der Waals surface area contributed by atoms with Crippen LogP contribution in [-0.2, 0) is 0 Å². The van der Waals surface area contributed by atoms with E-state index in [0.717, 1.165) is 17.3 Å². The Bertz CT molecular complexity index is 239. The third-order valence-electron chi connectivity index (χ3n) is 4.64. The minimum atomic E-state index is 0.573. The summed E-state index contributed by atoms with van der Waals surface area (Å²) in [5.41, 5.74) is 0.573. The molecule has 2 fully saturated rings. The highest BCUT2D eigenvalue weighted by Crippen LogP contribution is 2.36. The lowest BCUT2D eigenvalue weighted by Crippen LogP contribution is -2.45. The van der Waals surface area contributed by atoms with E-state index in [4.69, 9.17) is 0 Å². The SMILES string of the molecule is CSC1CCCC(NC2CCCC(C)(C)C2)C1. The largest absolute Gasteiger partial charge is 0.311 e. The molecule has 0 saturated heterocycles. The molecular formula is C15H29NS. The van der Waals surface area contributed by atoms with Gasteiger partial charge in [-0.25, -0.2) is 0 Å². The third-order valence-corrected chi connectivity index (χ3v) is 5.73. The van der Waals surface area contributed by atoms with Crippen LogP contribution in [-0.4, -0.2) is 23.6 Å². The fraction of sp³-hybridized carbons (Fsp3) is 1.00. The zero-order valence-corrected chi connectivity index (χ0v) is 12.6. The smallest absolute Gasteiger partial charge is 0.00802 e. The highest BCUT2D eigenvalue weighted by atomic mass is 32.2. The van der Waals surface area contributed by atoms with Crippen molar-refractivity contribution in [2.24, 2.45) is 5.41 Å². The monoisotopic (exact) mass is 255 g/mol. The normalized spacial score (nSPS) is 37.9. The van der Waals surface area contributed by atoms with Crippen molar-refractivity contribution < 1.29 is 0 Å². The van der Waals surface area contributed by atoms with Crippen LogP contribution in [0.5, 0.6) is 0 Å². The van der Waals surface area contributed by atoms with Crippen LogP contribution in [0.25, 0.3) is 0 Å². The third kappa shape index (κ3) is 4.17. The van der Waals surface area contributed by atoms with E-state index in [1.807, 2.05) is 0 Å². The molecule has 0 spiro atoms. The Kier molecular flexibility index (Phi) is 4.82. The van der Waals surface area contributed by atoms with E-state index in [1.54, 1.807) is 0 Å². The molecule has 0 amide bonds. The van der Waals surface area contributed by atoms with Crippen LogP contribution in [0.3, 0.4) is 0 Å². The fourth-order valence-electron chi connectivity index (χ4n) is 3.68. The van der Waals surface area contributed by atoms with Crippen LogP contribution in [0.15, 0.2) is 0 Å². The highest BCUT2D eigenvalue weighted by Gasteiger charge is 2.30. The van der Waals surface area contributed by atoms with Crippen molar-refractivity contribution in [2.45, 2.75) is 82.5 Å². The Morgan fingerprint density at radius 2 is 1.82 bits per heavy atom. The second kappa shape index (κ2) is 5.97. The van der Waals surface area contributed by atoms with E-state index in [2.05, 4.69) is 37.2 Å². The zero-order valence-electron chi connectivity index (χ0n) is 11.8. The van der Waals surface area contributed by atoms with Gasteiger partial charge in [-0.05, 0) is 50.2 Å². The van der Waals surface area contributed by atoms with Crippen LogP contribution < -0.4 is 5.32 Å². The van der Waals surface area contributed by atoms with E-state index in [0.29, 0.717) is 5.41 Å². The van der Waals surface area contributed by atoms with E-state index in [9.17, 15) is 0 Å². The Balaban J connectivity index is 1.80. The molecule has 0 aromatic rings. The number of hydrogen-bond acceptors (Lipinski definition) is 2. The van der Waals surface area contributed by atoms with E-state index in [-0.39, 0.29) is 0 Å². The molecule has 0 aromatic heterocycles. The van der Waals surface area contributed by atoms with Crippen molar-refractivity contribution in [3.8, 4) is 0 Å². The van der Waals surface area contributed by atoms with Gasteiger partial charge < -0.3 is 5.32 Å². The molecular weight excluding hydrogens is 226 g/mol. The predicted octanol–water partition coefficient (Wildman–Crippen LogP) is 4.22. The number of rotatable bonds is 3. The van der Waals surface area contributed by atoms with E-state index in [1.165, 1.54) is 51.4 Å². The molecule has 0 aliphatic heterocycles. The summed E-state index contributed by atoms with van der Waals surface area (Å²) in [4.78, 5) is 0. The number of hydrogen-bond donors (Lipinski definition) is 1. The van der Waals surface area contributed by atoms with Crippen LogP contribution in [0.1, 0.15) is 65.2 Å². The molecule has 3 unspecified atom stereocenters. The quantitative estimate of drug-likeness (QED) is 0.810. The summed E-state index contributed by atoms with van der Waals surface area (Å²) in [6.45, 7) is 4.87. The maximum Gasteiger partial charge on any atom is 0.00802 e. The van der Waals surface area contributed by atoms with Crippen LogP contribution in [0.4, 0.5) is 0 Å². The molecule has 100 valence electrons. The molecule has 3 atom stereocenters. The molecule has 1 N–H and O–H groups in total. The van der Waals surface area contributed by atoms with Crippen molar-refractivity contribution in [1.29, 1.82) is 0 Å². The first-order chi connectivity index (χ1) is 8.09. The van der Waals surface area contributed by atoms with Crippen LogP contribution in [0, 0.1) is 5.41 Å². The average Bonchev–Trinajstić information content (AvgIpc) is 2.28. The lowest BCUT2D eigenvalue weighted by molar-refractivity contribution is 0.181. The van der Waals surface area contributed by atoms with Crippen molar-refractivity contribution in [2.75, 3.05) is 6.26 Å². The average molecular weight is 255 g/mol. The zero-order chi connectivity index (χ0) is 12.3. The van der Waals surface area contributed by atoms with Gasteiger partial charge in [0.15, 0.2) is 0 Å². The summed E-state index contributed by atoms with van der Waals surface area (Å²) in [5, 5.41) is 4.88. The minimum absolute atomic E-state index is 0.573. The first-order valence-electron chi connectivity index (χ1n) is 7.38. The summed E-state index contributed by atoms with van der Waals surface area (Å²) >= 11 is 2.07. The second-order valence-electron chi connectivity index (χ2n) is 6.85. The Morgan fingerprint density at radius 3 is 2.53 bits per heavy atom. The minimum Gasteiger partial charge on any atom is -0.311 e. The first-order valence-corrected chi connectivity index (χ1v) is 8.67. The number of nitrogens with one attached hydrogen (secondary N) is 1. The molecule has 2 rings (SSSR count). The Labute approximate surface area is 112 Å². The predicted molar refractivity (Wildman–Crippen MR) is 78.7 cm³/mol. The first kappa shape index (κ1) is 13.7. The van der Waals surface area contributed by atoms with Gasteiger partial charge in [0.1, 0.15) is 0 Å². The van der Waals surface area contributed by atoms with Gasteiger partial charge >= 0.3 is 0 Å². The van der Waals surface area contributed by atoms with Gasteiger partial charge in [0.2, 0.25) is 0 Å². The lowest BCUT2D eigenvalue weighted by Gasteiger charge is -2.39. The standard InChI is InChI=1S/C15H29NS/c1-15(2)9-5-7-13(11-15)16-12-6-4-8-14(10-12)17-3/h12-14,16H,4-11H2,1-3H3. The van der Waals surface area contributed by atoms with Gasteiger partial charge in [-0.3, -0.25) is 0 Å². The van der Waals surface area contributed by atoms with Crippen molar-refractivity contribution in [1.82, 2.24) is 5.32 Å². The summed E-state index contributed by atoms with van der Waals surface area (Å²) in [5.74, 6) is 0. The van der Waals surface area contributed by atoms with Gasteiger partial charge in [0.25, 0.3) is 0 Å². The van der Waals surface area contributed by atoms with Crippen LogP contribution >= 0.6 is 11.8 Å². The molecule has 1 nitrogen and oxygen atoms in total. The topological polar surface area (TPSA) is 12.0 Å². The van der Waals surface area contributed by atoms with Gasteiger partial charge in [0, 0.05) is 17.3 Å². The maximum atomic E-state index is 3.96. The van der Waals surface area contributed by atoms with Gasteiger partial charge in [-0.1, -0.05) is 26.7 Å². The Hall–Kier alpha value is 0.310. The molecule has 17 heavy (non-hydrogen) atoms.